The minimum Gasteiger partial charge on any atom is -0.392 e. The Morgan fingerprint density at radius 2 is 2.05 bits per heavy atom. The predicted octanol–water partition coefficient (Wildman–Crippen LogP) is 4.35. The number of benzene rings is 1. The maximum absolute atomic E-state index is 10.2. The van der Waals surface area contributed by atoms with Gasteiger partial charge in [0.1, 0.15) is 0 Å². The molecule has 0 bridgehead atoms. The van der Waals surface area contributed by atoms with E-state index in [1.165, 1.54) is 0 Å². The van der Waals surface area contributed by atoms with Crippen LogP contribution in [0.5, 0.6) is 0 Å². The molecule has 1 N–H and O–H groups in total. The summed E-state index contributed by atoms with van der Waals surface area (Å²) < 4.78 is 1.05. The van der Waals surface area contributed by atoms with Gasteiger partial charge in [-0.3, -0.25) is 0 Å². The Bertz CT molecular complexity index is 574. The van der Waals surface area contributed by atoms with Gasteiger partial charge in [0, 0.05) is 21.7 Å². The molecule has 20 heavy (non-hydrogen) atoms. The number of hydrogen-bond acceptors (Lipinski definition) is 3. The van der Waals surface area contributed by atoms with Gasteiger partial charge in [-0.15, -0.1) is 11.3 Å². The van der Waals surface area contributed by atoms with Crippen molar-refractivity contribution in [3.05, 3.63) is 50.4 Å². The van der Waals surface area contributed by atoms with Crippen LogP contribution in [0.15, 0.2) is 34.1 Å². The topological polar surface area (TPSA) is 33.1 Å². The lowest BCUT2D eigenvalue weighted by Gasteiger charge is -2.14. The number of aliphatic hydroxyl groups is 1. The van der Waals surface area contributed by atoms with Gasteiger partial charge in [-0.25, -0.2) is 4.98 Å². The number of thiazole rings is 1. The lowest BCUT2D eigenvalue weighted by atomic mass is 9.93. The summed E-state index contributed by atoms with van der Waals surface area (Å²) in [5.41, 5.74) is 2.32. The SMILES string of the molecule is CC(C)(C)c1csc(CC(O)Cc2cccc(Br)c2)n1. The number of hydrogen-bond donors (Lipinski definition) is 1. The first-order valence-corrected chi connectivity index (χ1v) is 8.39. The molecule has 2 rings (SSSR count). The van der Waals surface area contributed by atoms with Gasteiger partial charge < -0.3 is 5.11 Å². The normalized spacial score (nSPS) is 13.4. The third-order valence-electron chi connectivity index (χ3n) is 3.09. The molecule has 0 spiro atoms. The molecular formula is C16H20BrNOS. The Morgan fingerprint density at radius 3 is 2.65 bits per heavy atom. The molecule has 0 saturated heterocycles. The Morgan fingerprint density at radius 1 is 1.30 bits per heavy atom. The number of rotatable bonds is 4. The van der Waals surface area contributed by atoms with Crippen LogP contribution in [0.1, 0.15) is 37.0 Å². The van der Waals surface area contributed by atoms with E-state index in [1.54, 1.807) is 11.3 Å². The van der Waals surface area contributed by atoms with Gasteiger partial charge in [0.15, 0.2) is 0 Å². The minimum atomic E-state index is -0.386. The zero-order valence-electron chi connectivity index (χ0n) is 12.1. The highest BCUT2D eigenvalue weighted by Gasteiger charge is 2.18. The van der Waals surface area contributed by atoms with Crippen molar-refractivity contribution in [1.82, 2.24) is 4.98 Å². The fraction of sp³-hybridized carbons (Fsp3) is 0.438. The molecule has 0 fully saturated rings. The fourth-order valence-electron chi connectivity index (χ4n) is 1.96. The molecule has 1 unspecified atom stereocenters. The summed E-state index contributed by atoms with van der Waals surface area (Å²) in [6.07, 6.45) is 0.889. The smallest absolute Gasteiger partial charge is 0.0954 e. The Kier molecular flexibility index (Phi) is 4.99. The molecule has 0 aliphatic heterocycles. The summed E-state index contributed by atoms with van der Waals surface area (Å²) in [4.78, 5) is 4.63. The highest BCUT2D eigenvalue weighted by molar-refractivity contribution is 9.10. The van der Waals surface area contributed by atoms with E-state index in [0.29, 0.717) is 12.8 Å². The zero-order chi connectivity index (χ0) is 14.8. The summed E-state index contributed by atoms with van der Waals surface area (Å²) in [7, 11) is 0. The van der Waals surface area contributed by atoms with Gasteiger partial charge in [0.2, 0.25) is 0 Å². The third-order valence-corrected chi connectivity index (χ3v) is 4.46. The Hall–Kier alpha value is -0.710. The van der Waals surface area contributed by atoms with Crippen LogP contribution in [-0.4, -0.2) is 16.2 Å². The van der Waals surface area contributed by atoms with Gasteiger partial charge in [-0.2, -0.15) is 0 Å². The highest BCUT2D eigenvalue weighted by atomic mass is 79.9. The van der Waals surface area contributed by atoms with E-state index in [2.05, 4.69) is 47.1 Å². The molecule has 4 heteroatoms. The maximum atomic E-state index is 10.2. The van der Waals surface area contributed by atoms with Crippen molar-refractivity contribution >= 4 is 27.3 Å². The number of aliphatic hydroxyl groups excluding tert-OH is 1. The van der Waals surface area contributed by atoms with E-state index in [1.807, 2.05) is 24.3 Å². The largest absolute Gasteiger partial charge is 0.392 e. The number of halogens is 1. The van der Waals surface area contributed by atoms with Crippen molar-refractivity contribution in [3.8, 4) is 0 Å². The van der Waals surface area contributed by atoms with Crippen molar-refractivity contribution < 1.29 is 5.11 Å². The summed E-state index contributed by atoms with van der Waals surface area (Å²) in [5, 5.41) is 13.3. The van der Waals surface area contributed by atoms with Crippen LogP contribution < -0.4 is 0 Å². The van der Waals surface area contributed by atoms with Crippen molar-refractivity contribution in [2.75, 3.05) is 0 Å². The predicted molar refractivity (Wildman–Crippen MR) is 88.4 cm³/mol. The second kappa shape index (κ2) is 6.37. The summed E-state index contributed by atoms with van der Waals surface area (Å²) in [6.45, 7) is 6.47. The first-order valence-electron chi connectivity index (χ1n) is 6.72. The van der Waals surface area contributed by atoms with Crippen molar-refractivity contribution in [3.63, 3.8) is 0 Å². The standard InChI is InChI=1S/C16H20BrNOS/c1-16(2,3)14-10-20-15(18-14)9-13(19)8-11-5-4-6-12(17)7-11/h4-7,10,13,19H,8-9H2,1-3H3. The van der Waals surface area contributed by atoms with E-state index < -0.39 is 0 Å². The molecule has 1 heterocycles. The third kappa shape index (κ3) is 4.40. The second-order valence-corrected chi connectivity index (χ2v) is 7.93. The van der Waals surface area contributed by atoms with Crippen LogP contribution in [0.3, 0.4) is 0 Å². The van der Waals surface area contributed by atoms with Crippen LogP contribution in [0.25, 0.3) is 0 Å². The van der Waals surface area contributed by atoms with Crippen molar-refractivity contribution in [1.29, 1.82) is 0 Å². The molecule has 0 radical (unpaired) electrons. The quantitative estimate of drug-likeness (QED) is 0.886. The molecular weight excluding hydrogens is 334 g/mol. The molecule has 2 aromatic rings. The van der Waals surface area contributed by atoms with Crippen molar-refractivity contribution in [2.24, 2.45) is 0 Å². The van der Waals surface area contributed by atoms with Crippen molar-refractivity contribution in [2.45, 2.75) is 45.1 Å². The van der Waals surface area contributed by atoms with E-state index >= 15 is 0 Å². The summed E-state index contributed by atoms with van der Waals surface area (Å²) >= 11 is 5.09. The molecule has 1 aromatic carbocycles. The zero-order valence-corrected chi connectivity index (χ0v) is 14.5. The van der Waals surface area contributed by atoms with Gasteiger partial charge in [0.05, 0.1) is 16.8 Å². The summed E-state index contributed by atoms with van der Waals surface area (Å²) in [6, 6.07) is 8.07. The highest BCUT2D eigenvalue weighted by Crippen LogP contribution is 2.25. The van der Waals surface area contributed by atoms with Crippen LogP contribution in [0.4, 0.5) is 0 Å². The second-order valence-electron chi connectivity index (χ2n) is 6.07. The molecule has 2 nitrogen and oxygen atoms in total. The Labute approximate surface area is 133 Å². The molecule has 108 valence electrons. The van der Waals surface area contributed by atoms with E-state index in [4.69, 9.17) is 0 Å². The molecule has 0 aliphatic rings. The minimum absolute atomic E-state index is 0.0734. The van der Waals surface area contributed by atoms with Gasteiger partial charge in [-0.1, -0.05) is 48.8 Å². The number of nitrogens with zero attached hydrogens (tertiary/aromatic N) is 1. The first kappa shape index (κ1) is 15.7. The van der Waals surface area contributed by atoms with Crippen LogP contribution in [0, 0.1) is 0 Å². The molecule has 0 saturated carbocycles. The fourth-order valence-corrected chi connectivity index (χ4v) is 3.50. The molecule has 1 atom stereocenters. The van der Waals surface area contributed by atoms with Gasteiger partial charge in [-0.05, 0) is 24.1 Å². The summed E-state index contributed by atoms with van der Waals surface area (Å²) in [5.74, 6) is 0. The average molecular weight is 354 g/mol. The average Bonchev–Trinajstić information content (AvgIpc) is 2.76. The molecule has 0 amide bonds. The van der Waals surface area contributed by atoms with E-state index in [9.17, 15) is 5.11 Å². The number of aromatic nitrogens is 1. The van der Waals surface area contributed by atoms with Gasteiger partial charge in [0.25, 0.3) is 0 Å². The van der Waals surface area contributed by atoms with Crippen LogP contribution >= 0.6 is 27.3 Å². The van der Waals surface area contributed by atoms with Crippen LogP contribution in [-0.2, 0) is 18.3 Å². The van der Waals surface area contributed by atoms with E-state index in [0.717, 1.165) is 20.7 Å². The van der Waals surface area contributed by atoms with E-state index in [-0.39, 0.29) is 11.5 Å². The lowest BCUT2D eigenvalue weighted by molar-refractivity contribution is 0.175. The molecule has 0 aliphatic carbocycles. The first-order chi connectivity index (χ1) is 9.34. The maximum Gasteiger partial charge on any atom is 0.0954 e. The molecule has 1 aromatic heterocycles. The van der Waals surface area contributed by atoms with Crippen LogP contribution in [0.2, 0.25) is 0 Å². The Balaban J connectivity index is 1.98. The van der Waals surface area contributed by atoms with Gasteiger partial charge >= 0.3 is 0 Å². The lowest BCUT2D eigenvalue weighted by Crippen LogP contribution is -2.15. The monoisotopic (exact) mass is 353 g/mol.